The summed E-state index contributed by atoms with van der Waals surface area (Å²) in [5.74, 6) is -0.456. The predicted molar refractivity (Wildman–Crippen MR) is 100 cm³/mol. The highest BCUT2D eigenvalue weighted by Crippen LogP contribution is 2.18. The van der Waals surface area contributed by atoms with Gasteiger partial charge < -0.3 is 15.7 Å². The second-order valence-corrected chi connectivity index (χ2v) is 8.83. The molecule has 3 N–H and O–H groups in total. The fourth-order valence-corrected chi connectivity index (χ4v) is 4.77. The zero-order valence-corrected chi connectivity index (χ0v) is 16.5. The Hall–Kier alpha value is -1.19. The number of rotatable bonds is 13. The minimum absolute atomic E-state index is 0.0926. The van der Waals surface area contributed by atoms with E-state index in [0.717, 1.165) is 25.9 Å². The van der Waals surface area contributed by atoms with Gasteiger partial charge in [0.15, 0.2) is 0 Å². The third-order valence-electron chi connectivity index (χ3n) is 4.71. The molecule has 0 atom stereocenters. The Kier molecular flexibility index (Phi) is 10.8. The molecule has 0 radical (unpaired) electrons. The lowest BCUT2D eigenvalue weighted by atomic mass is 9.96. The first-order chi connectivity index (χ1) is 12.3. The molecule has 1 aliphatic rings. The molecule has 0 spiro atoms. The molecule has 1 rings (SSSR count). The Bertz CT molecular complexity index is 533. The van der Waals surface area contributed by atoms with Crippen molar-refractivity contribution in [3.8, 4) is 0 Å². The van der Waals surface area contributed by atoms with Crippen molar-refractivity contribution in [2.24, 2.45) is 5.92 Å². The van der Waals surface area contributed by atoms with Gasteiger partial charge in [0.2, 0.25) is 15.9 Å². The maximum Gasteiger partial charge on any atom is 0.305 e. The third-order valence-corrected chi connectivity index (χ3v) is 6.69. The second-order valence-electron chi connectivity index (χ2n) is 6.74. The number of unbranched alkanes of at least 4 members (excludes halogenated alkanes) is 1. The number of amides is 1. The molecule has 152 valence electrons. The van der Waals surface area contributed by atoms with Crippen molar-refractivity contribution >= 4 is 21.9 Å². The van der Waals surface area contributed by atoms with Gasteiger partial charge in [-0.05, 0) is 51.1 Å². The number of carbonyl (C=O) groups excluding carboxylic acids is 1. The molecule has 1 aliphatic heterocycles. The van der Waals surface area contributed by atoms with Gasteiger partial charge in [-0.3, -0.25) is 9.59 Å². The van der Waals surface area contributed by atoms with E-state index in [-0.39, 0.29) is 31.0 Å². The van der Waals surface area contributed by atoms with Crippen molar-refractivity contribution in [3.63, 3.8) is 0 Å². The highest BCUT2D eigenvalue weighted by Gasteiger charge is 2.22. The maximum absolute atomic E-state index is 12.5. The van der Waals surface area contributed by atoms with Crippen LogP contribution in [0.25, 0.3) is 0 Å². The standard InChI is InChI=1S/C17H33N3O5S/c1-2-20(13-4-3-5-16(21)19-12-8-17(22)23)26(24,25)14-9-15-6-10-18-11-7-15/h15,18H,2-14H2,1H3,(H,19,21)(H,22,23). The van der Waals surface area contributed by atoms with E-state index in [4.69, 9.17) is 5.11 Å². The summed E-state index contributed by atoms with van der Waals surface area (Å²) in [5, 5.41) is 14.3. The molecule has 0 aromatic heterocycles. The van der Waals surface area contributed by atoms with Crippen LogP contribution < -0.4 is 10.6 Å². The molecule has 0 aromatic rings. The van der Waals surface area contributed by atoms with Crippen molar-refractivity contribution in [3.05, 3.63) is 0 Å². The number of hydrogen-bond donors (Lipinski definition) is 3. The van der Waals surface area contributed by atoms with Gasteiger partial charge in [-0.1, -0.05) is 6.92 Å². The fourth-order valence-electron chi connectivity index (χ4n) is 3.08. The number of carboxylic acid groups (broad SMARTS) is 1. The van der Waals surface area contributed by atoms with Gasteiger partial charge in [0, 0.05) is 26.1 Å². The highest BCUT2D eigenvalue weighted by atomic mass is 32.2. The summed E-state index contributed by atoms with van der Waals surface area (Å²) in [5.41, 5.74) is 0. The van der Waals surface area contributed by atoms with Gasteiger partial charge in [0.05, 0.1) is 12.2 Å². The minimum Gasteiger partial charge on any atom is -0.481 e. The van der Waals surface area contributed by atoms with E-state index in [1.54, 1.807) is 0 Å². The van der Waals surface area contributed by atoms with Crippen molar-refractivity contribution in [2.75, 3.05) is 38.5 Å². The average Bonchev–Trinajstić information content (AvgIpc) is 2.60. The van der Waals surface area contributed by atoms with E-state index < -0.39 is 16.0 Å². The molecule has 9 heteroatoms. The molecule has 0 bridgehead atoms. The molecular formula is C17H33N3O5S. The number of nitrogens with zero attached hydrogens (tertiary/aromatic N) is 1. The molecule has 1 amide bonds. The monoisotopic (exact) mass is 391 g/mol. The van der Waals surface area contributed by atoms with Crippen LogP contribution >= 0.6 is 0 Å². The average molecular weight is 392 g/mol. The van der Waals surface area contributed by atoms with Gasteiger partial charge in [-0.25, -0.2) is 12.7 Å². The molecule has 8 nitrogen and oxygen atoms in total. The summed E-state index contributed by atoms with van der Waals surface area (Å²) in [6.45, 7) is 4.77. The Balaban J connectivity index is 2.25. The molecule has 1 fully saturated rings. The summed E-state index contributed by atoms with van der Waals surface area (Å²) < 4.78 is 26.5. The largest absolute Gasteiger partial charge is 0.481 e. The molecule has 1 heterocycles. The summed E-state index contributed by atoms with van der Waals surface area (Å²) >= 11 is 0. The summed E-state index contributed by atoms with van der Waals surface area (Å²) in [4.78, 5) is 22.0. The van der Waals surface area contributed by atoms with Gasteiger partial charge in [-0.2, -0.15) is 0 Å². The predicted octanol–water partition coefficient (Wildman–Crippen LogP) is 0.789. The molecule has 26 heavy (non-hydrogen) atoms. The topological polar surface area (TPSA) is 116 Å². The van der Waals surface area contributed by atoms with E-state index in [0.29, 0.717) is 38.3 Å². The minimum atomic E-state index is -3.25. The van der Waals surface area contributed by atoms with E-state index in [1.807, 2.05) is 6.92 Å². The van der Waals surface area contributed by atoms with Crippen molar-refractivity contribution in [2.45, 2.75) is 51.9 Å². The van der Waals surface area contributed by atoms with Crippen LogP contribution in [-0.2, 0) is 19.6 Å². The Morgan fingerprint density at radius 2 is 1.88 bits per heavy atom. The van der Waals surface area contributed by atoms with Crippen molar-refractivity contribution in [1.29, 1.82) is 0 Å². The normalized spacial score (nSPS) is 15.9. The van der Waals surface area contributed by atoms with Gasteiger partial charge in [0.25, 0.3) is 0 Å². The number of aliphatic carboxylic acids is 1. The Morgan fingerprint density at radius 1 is 1.19 bits per heavy atom. The fraction of sp³-hybridized carbons (Fsp3) is 0.882. The zero-order valence-electron chi connectivity index (χ0n) is 15.7. The molecule has 0 aliphatic carbocycles. The van der Waals surface area contributed by atoms with Crippen LogP contribution in [0.3, 0.4) is 0 Å². The summed E-state index contributed by atoms with van der Waals surface area (Å²) in [6, 6.07) is 0. The van der Waals surface area contributed by atoms with E-state index in [1.165, 1.54) is 4.31 Å². The number of hydrogen-bond acceptors (Lipinski definition) is 5. The molecular weight excluding hydrogens is 358 g/mol. The van der Waals surface area contributed by atoms with Crippen LogP contribution in [0.4, 0.5) is 0 Å². The first kappa shape index (κ1) is 22.9. The number of carbonyl (C=O) groups is 2. The Labute approximate surface area is 156 Å². The van der Waals surface area contributed by atoms with Crippen LogP contribution in [0.15, 0.2) is 0 Å². The van der Waals surface area contributed by atoms with Gasteiger partial charge in [-0.15, -0.1) is 0 Å². The van der Waals surface area contributed by atoms with E-state index in [9.17, 15) is 18.0 Å². The summed E-state index contributed by atoms with van der Waals surface area (Å²) in [7, 11) is -3.25. The lowest BCUT2D eigenvalue weighted by molar-refractivity contribution is -0.136. The third kappa shape index (κ3) is 9.49. The first-order valence-electron chi connectivity index (χ1n) is 9.52. The van der Waals surface area contributed by atoms with Crippen molar-refractivity contribution < 1.29 is 23.1 Å². The van der Waals surface area contributed by atoms with Crippen molar-refractivity contribution in [1.82, 2.24) is 14.9 Å². The van der Waals surface area contributed by atoms with Gasteiger partial charge >= 0.3 is 5.97 Å². The maximum atomic E-state index is 12.5. The Morgan fingerprint density at radius 3 is 2.50 bits per heavy atom. The van der Waals surface area contributed by atoms with Crippen LogP contribution in [0.1, 0.15) is 51.9 Å². The number of sulfonamides is 1. The molecule has 0 saturated carbocycles. The SMILES string of the molecule is CCN(CCCCC(=O)NCCC(=O)O)S(=O)(=O)CCC1CCNCC1. The molecule has 1 saturated heterocycles. The van der Waals surface area contributed by atoms with Crippen LogP contribution in [0.5, 0.6) is 0 Å². The van der Waals surface area contributed by atoms with E-state index in [2.05, 4.69) is 10.6 Å². The highest BCUT2D eigenvalue weighted by molar-refractivity contribution is 7.89. The quantitative estimate of drug-likeness (QED) is 0.400. The number of carboxylic acids is 1. The first-order valence-corrected chi connectivity index (χ1v) is 11.1. The van der Waals surface area contributed by atoms with Crippen LogP contribution in [-0.4, -0.2) is 68.2 Å². The van der Waals surface area contributed by atoms with Gasteiger partial charge in [0.1, 0.15) is 0 Å². The smallest absolute Gasteiger partial charge is 0.305 e. The molecule has 0 aromatic carbocycles. The van der Waals surface area contributed by atoms with Crippen LogP contribution in [0.2, 0.25) is 0 Å². The van der Waals surface area contributed by atoms with E-state index >= 15 is 0 Å². The lowest BCUT2D eigenvalue weighted by Crippen LogP contribution is -2.35. The number of piperidine rings is 1. The molecule has 0 unspecified atom stereocenters. The lowest BCUT2D eigenvalue weighted by Gasteiger charge is -2.25. The van der Waals surface area contributed by atoms with Crippen LogP contribution in [0, 0.1) is 5.92 Å². The zero-order chi connectivity index (χ0) is 19.4. The summed E-state index contributed by atoms with van der Waals surface area (Å²) in [6.07, 6.45) is 4.19. The second kappa shape index (κ2) is 12.2. The number of nitrogens with one attached hydrogen (secondary N) is 2.